The highest BCUT2D eigenvalue weighted by atomic mass is 16.5. The molecule has 6 nitrogen and oxygen atoms in total. The molecule has 1 heterocycles. The van der Waals surface area contributed by atoms with Crippen LogP contribution in [0.15, 0.2) is 24.3 Å². The van der Waals surface area contributed by atoms with Crippen LogP contribution >= 0.6 is 0 Å². The minimum absolute atomic E-state index is 0.0890. The van der Waals surface area contributed by atoms with Gasteiger partial charge < -0.3 is 15.4 Å². The Kier molecular flexibility index (Phi) is 7.67. The molecule has 160 valence electrons. The van der Waals surface area contributed by atoms with Crippen molar-refractivity contribution in [2.24, 2.45) is 11.7 Å². The molecule has 2 fully saturated rings. The van der Waals surface area contributed by atoms with Gasteiger partial charge >= 0.3 is 0 Å². The van der Waals surface area contributed by atoms with Crippen molar-refractivity contribution < 1.29 is 14.3 Å². The first-order chi connectivity index (χ1) is 14.0. The number of piperazine rings is 1. The lowest BCUT2D eigenvalue weighted by Gasteiger charge is -2.38. The summed E-state index contributed by atoms with van der Waals surface area (Å²) in [7, 11) is 0. The Morgan fingerprint density at radius 2 is 1.76 bits per heavy atom. The Bertz CT molecular complexity index is 679. The molecule has 3 rings (SSSR count). The molecule has 2 aliphatic rings. The normalized spacial score (nSPS) is 19.6. The Morgan fingerprint density at radius 1 is 1.10 bits per heavy atom. The largest absolute Gasteiger partial charge is 0.494 e. The second-order valence-electron chi connectivity index (χ2n) is 8.41. The summed E-state index contributed by atoms with van der Waals surface area (Å²) in [6.07, 6.45) is 4.67. The van der Waals surface area contributed by atoms with E-state index in [0.717, 1.165) is 69.6 Å². The molecule has 1 amide bonds. The molecule has 1 aromatic carbocycles. The second kappa shape index (κ2) is 10.2. The summed E-state index contributed by atoms with van der Waals surface area (Å²) in [5, 5.41) is 0. The van der Waals surface area contributed by atoms with E-state index in [2.05, 4.69) is 18.7 Å². The number of hydrogen-bond donors (Lipinski definition) is 1. The zero-order chi connectivity index (χ0) is 20.8. The molecule has 0 aromatic heterocycles. The fraction of sp³-hybridized carbons (Fsp3) is 0.652. The minimum atomic E-state index is -0.358. The maximum absolute atomic E-state index is 12.3. The molecule has 0 spiro atoms. The van der Waals surface area contributed by atoms with Crippen LogP contribution in [0.1, 0.15) is 56.3 Å². The van der Waals surface area contributed by atoms with Crippen LogP contribution in [0.2, 0.25) is 0 Å². The highest BCUT2D eigenvalue weighted by Gasteiger charge is 2.30. The third kappa shape index (κ3) is 6.03. The van der Waals surface area contributed by atoms with Gasteiger partial charge in [0.25, 0.3) is 0 Å². The summed E-state index contributed by atoms with van der Waals surface area (Å²) in [6.45, 7) is 8.15. The Morgan fingerprint density at radius 3 is 2.34 bits per heavy atom. The van der Waals surface area contributed by atoms with Gasteiger partial charge in [0.2, 0.25) is 5.91 Å². The quantitative estimate of drug-likeness (QED) is 0.610. The molecule has 1 saturated heterocycles. The van der Waals surface area contributed by atoms with Crippen LogP contribution in [0, 0.1) is 5.92 Å². The lowest BCUT2D eigenvalue weighted by Crippen LogP contribution is -2.54. The van der Waals surface area contributed by atoms with E-state index in [4.69, 9.17) is 10.5 Å². The van der Waals surface area contributed by atoms with Crippen molar-refractivity contribution >= 4 is 11.7 Å². The number of nitrogens with zero attached hydrogens (tertiary/aromatic N) is 2. The van der Waals surface area contributed by atoms with Crippen LogP contribution in [0.3, 0.4) is 0 Å². The van der Waals surface area contributed by atoms with Gasteiger partial charge in [-0.05, 0) is 56.9 Å². The van der Waals surface area contributed by atoms with E-state index in [1.54, 1.807) is 0 Å². The Hall–Kier alpha value is -1.92. The molecule has 29 heavy (non-hydrogen) atoms. The van der Waals surface area contributed by atoms with E-state index in [0.29, 0.717) is 12.6 Å². The van der Waals surface area contributed by atoms with Gasteiger partial charge in [0.1, 0.15) is 5.75 Å². The van der Waals surface area contributed by atoms with Crippen LogP contribution in [-0.4, -0.2) is 66.4 Å². The average Bonchev–Trinajstić information content (AvgIpc) is 3.59. The van der Waals surface area contributed by atoms with Crippen molar-refractivity contribution in [3.05, 3.63) is 29.8 Å². The lowest BCUT2D eigenvalue weighted by molar-refractivity contribution is -0.134. The fourth-order valence-corrected chi connectivity index (χ4v) is 3.88. The monoisotopic (exact) mass is 401 g/mol. The summed E-state index contributed by atoms with van der Waals surface area (Å²) >= 11 is 0. The first-order valence-corrected chi connectivity index (χ1v) is 11.0. The maximum atomic E-state index is 12.3. The second-order valence-corrected chi connectivity index (χ2v) is 8.41. The summed E-state index contributed by atoms with van der Waals surface area (Å²) in [5.74, 6) is 1.41. The van der Waals surface area contributed by atoms with Crippen molar-refractivity contribution in [1.29, 1.82) is 0 Å². The predicted molar refractivity (Wildman–Crippen MR) is 114 cm³/mol. The number of ether oxygens (including phenoxy) is 1. The van der Waals surface area contributed by atoms with Crippen LogP contribution < -0.4 is 10.5 Å². The van der Waals surface area contributed by atoms with Crippen molar-refractivity contribution in [2.45, 2.75) is 58.0 Å². The van der Waals surface area contributed by atoms with Crippen LogP contribution in [0.4, 0.5) is 0 Å². The molecular weight excluding hydrogens is 366 g/mol. The molecule has 1 aliphatic heterocycles. The molecule has 1 saturated carbocycles. The Balaban J connectivity index is 1.36. The smallest absolute Gasteiger partial charge is 0.239 e. The van der Waals surface area contributed by atoms with Gasteiger partial charge in [-0.3, -0.25) is 14.5 Å². The van der Waals surface area contributed by atoms with E-state index in [1.165, 1.54) is 0 Å². The van der Waals surface area contributed by atoms with Gasteiger partial charge in [-0.1, -0.05) is 13.3 Å². The van der Waals surface area contributed by atoms with Gasteiger partial charge in [0.15, 0.2) is 5.78 Å². The first-order valence-electron chi connectivity index (χ1n) is 11.0. The van der Waals surface area contributed by atoms with Gasteiger partial charge in [-0.2, -0.15) is 0 Å². The van der Waals surface area contributed by atoms with Crippen LogP contribution in [0.25, 0.3) is 0 Å². The van der Waals surface area contributed by atoms with Gasteiger partial charge in [0, 0.05) is 43.7 Å². The number of amides is 1. The SMILES string of the molecule is CCC[C@@H](N)C(=O)N1CCN([C@H](C)CCOc2ccc(C(=O)C3CC3)cc2)CC1. The van der Waals surface area contributed by atoms with Crippen molar-refractivity contribution in [3.8, 4) is 5.75 Å². The van der Waals surface area contributed by atoms with Crippen molar-refractivity contribution in [1.82, 2.24) is 9.80 Å². The summed E-state index contributed by atoms with van der Waals surface area (Å²) in [6, 6.07) is 7.57. The predicted octanol–water partition coefficient (Wildman–Crippen LogP) is 2.71. The number of carbonyl (C=O) groups is 2. The first kappa shape index (κ1) is 21.8. The highest BCUT2D eigenvalue weighted by Crippen LogP contribution is 2.32. The third-order valence-corrected chi connectivity index (χ3v) is 6.06. The van der Waals surface area contributed by atoms with Crippen LogP contribution in [0.5, 0.6) is 5.75 Å². The highest BCUT2D eigenvalue weighted by molar-refractivity contribution is 5.99. The zero-order valence-electron chi connectivity index (χ0n) is 17.8. The van der Waals surface area contributed by atoms with E-state index < -0.39 is 0 Å². The van der Waals surface area contributed by atoms with Crippen molar-refractivity contribution in [3.63, 3.8) is 0 Å². The average molecular weight is 402 g/mol. The van der Waals surface area contributed by atoms with Crippen LogP contribution in [-0.2, 0) is 4.79 Å². The third-order valence-electron chi connectivity index (χ3n) is 6.06. The molecule has 0 bridgehead atoms. The number of hydrogen-bond acceptors (Lipinski definition) is 5. The summed E-state index contributed by atoms with van der Waals surface area (Å²) < 4.78 is 5.88. The van der Waals surface area contributed by atoms with E-state index in [1.807, 2.05) is 29.2 Å². The zero-order valence-corrected chi connectivity index (χ0v) is 17.8. The Labute approximate surface area is 174 Å². The van der Waals surface area contributed by atoms with E-state index >= 15 is 0 Å². The lowest BCUT2D eigenvalue weighted by atomic mass is 10.1. The minimum Gasteiger partial charge on any atom is -0.494 e. The number of rotatable bonds is 10. The number of Topliss-reactive ketones (excluding diaryl/α,β-unsaturated/α-hetero) is 1. The standard InChI is InChI=1S/C23H35N3O3/c1-3-4-21(24)23(28)26-14-12-25(13-15-26)17(2)11-16-29-20-9-7-19(8-10-20)22(27)18-5-6-18/h7-10,17-18,21H,3-6,11-16,24H2,1-2H3/t17-,21-/m1/s1. The number of ketones is 1. The summed E-state index contributed by atoms with van der Waals surface area (Å²) in [5.41, 5.74) is 6.77. The number of nitrogens with two attached hydrogens (primary N) is 1. The molecule has 2 atom stereocenters. The van der Waals surface area contributed by atoms with Crippen molar-refractivity contribution in [2.75, 3.05) is 32.8 Å². The number of carbonyl (C=O) groups excluding carboxylic acids is 2. The number of benzene rings is 1. The summed E-state index contributed by atoms with van der Waals surface area (Å²) in [4.78, 5) is 28.7. The fourth-order valence-electron chi connectivity index (χ4n) is 3.88. The van der Waals surface area contributed by atoms with E-state index in [-0.39, 0.29) is 23.7 Å². The molecule has 1 aromatic rings. The molecule has 0 unspecified atom stereocenters. The van der Waals surface area contributed by atoms with Gasteiger partial charge in [-0.25, -0.2) is 0 Å². The van der Waals surface area contributed by atoms with E-state index in [9.17, 15) is 9.59 Å². The topological polar surface area (TPSA) is 75.9 Å². The molecule has 6 heteroatoms. The maximum Gasteiger partial charge on any atom is 0.239 e. The van der Waals surface area contributed by atoms with Gasteiger partial charge in [-0.15, -0.1) is 0 Å². The molecule has 2 N–H and O–H groups in total. The molecular formula is C23H35N3O3. The molecule has 1 aliphatic carbocycles. The molecule has 0 radical (unpaired) electrons. The van der Waals surface area contributed by atoms with Gasteiger partial charge in [0.05, 0.1) is 12.6 Å².